The van der Waals surface area contributed by atoms with Crippen molar-refractivity contribution >= 4 is 5.69 Å². The molecular formula is C19H18FN3O4. The third-order valence-corrected chi connectivity index (χ3v) is 3.96. The zero-order valence-electron chi connectivity index (χ0n) is 14.4. The quantitative estimate of drug-likeness (QED) is 0.485. The second-order valence-electron chi connectivity index (χ2n) is 5.97. The van der Waals surface area contributed by atoms with Crippen LogP contribution in [0, 0.1) is 15.9 Å². The Bertz CT molecular complexity index is 929. The minimum absolute atomic E-state index is 0.0148. The second kappa shape index (κ2) is 8.52. The molecule has 1 aromatic heterocycles. The van der Waals surface area contributed by atoms with Crippen molar-refractivity contribution in [3.05, 3.63) is 82.4 Å². The molecule has 0 saturated carbocycles. The molecule has 0 bridgehead atoms. The van der Waals surface area contributed by atoms with Crippen molar-refractivity contribution in [2.45, 2.75) is 19.3 Å². The van der Waals surface area contributed by atoms with E-state index in [2.05, 4.69) is 4.98 Å². The number of nitro benzene ring substituents is 1. The van der Waals surface area contributed by atoms with Crippen LogP contribution >= 0.6 is 0 Å². The predicted molar refractivity (Wildman–Crippen MR) is 96.4 cm³/mol. The molecule has 0 aliphatic carbocycles. The summed E-state index contributed by atoms with van der Waals surface area (Å²) in [6.07, 6.45) is 2.39. The maximum absolute atomic E-state index is 13.5. The molecule has 0 unspecified atom stereocenters. The number of nitrogens with zero attached hydrogens (tertiary/aromatic N) is 3. The number of aliphatic hydroxyl groups is 1. The van der Waals surface area contributed by atoms with Gasteiger partial charge in [0.1, 0.15) is 11.6 Å². The summed E-state index contributed by atoms with van der Waals surface area (Å²) < 4.78 is 20.6. The molecule has 2 aromatic carbocycles. The van der Waals surface area contributed by atoms with Gasteiger partial charge < -0.3 is 14.4 Å². The number of hydrogen-bond acceptors (Lipinski definition) is 5. The van der Waals surface area contributed by atoms with Crippen molar-refractivity contribution in [3.63, 3.8) is 0 Å². The molecule has 0 amide bonds. The Morgan fingerprint density at radius 3 is 2.85 bits per heavy atom. The molecular weight excluding hydrogens is 353 g/mol. The second-order valence-corrected chi connectivity index (χ2v) is 5.97. The molecule has 1 heterocycles. The predicted octanol–water partition coefficient (Wildman–Crippen LogP) is 3.18. The maximum Gasteiger partial charge on any atom is 0.270 e. The molecule has 27 heavy (non-hydrogen) atoms. The van der Waals surface area contributed by atoms with E-state index < -0.39 is 11.0 Å². The summed E-state index contributed by atoms with van der Waals surface area (Å²) in [6.45, 7) is 0.265. The van der Waals surface area contributed by atoms with Crippen LogP contribution in [0.15, 0.2) is 60.9 Å². The van der Waals surface area contributed by atoms with Crippen LogP contribution in [0.4, 0.5) is 10.1 Å². The first-order valence-electron chi connectivity index (χ1n) is 8.30. The highest BCUT2D eigenvalue weighted by Gasteiger charge is 2.14. The summed E-state index contributed by atoms with van der Waals surface area (Å²) in [5.74, 6) is 0.154. The van der Waals surface area contributed by atoms with Crippen LogP contribution in [-0.4, -0.2) is 32.3 Å². The topological polar surface area (TPSA) is 90.4 Å². The van der Waals surface area contributed by atoms with E-state index in [9.17, 15) is 19.6 Å². The Kier molecular flexibility index (Phi) is 5.90. The van der Waals surface area contributed by atoms with Crippen LogP contribution in [0.25, 0.3) is 11.4 Å². The standard InChI is InChI=1S/C19H18FN3O4/c20-18-7-2-1-4-15(18)12-27-13-17(24)11-22-9-8-21-19(22)14-5-3-6-16(10-14)23(25)26/h1-10,17,24H,11-13H2/t17-/m1/s1. The van der Waals surface area contributed by atoms with E-state index in [0.717, 1.165) is 0 Å². The summed E-state index contributed by atoms with van der Waals surface area (Å²) >= 11 is 0. The van der Waals surface area contributed by atoms with Gasteiger partial charge in [0.05, 0.1) is 30.8 Å². The number of non-ortho nitro benzene ring substituents is 1. The summed E-state index contributed by atoms with van der Waals surface area (Å²) in [7, 11) is 0. The number of rotatable bonds is 8. The molecule has 1 N–H and O–H groups in total. The van der Waals surface area contributed by atoms with E-state index >= 15 is 0 Å². The third kappa shape index (κ3) is 4.75. The van der Waals surface area contributed by atoms with Crippen LogP contribution in [0.2, 0.25) is 0 Å². The van der Waals surface area contributed by atoms with Crippen LogP contribution in [0.5, 0.6) is 0 Å². The highest BCUT2D eigenvalue weighted by Crippen LogP contribution is 2.22. The first-order chi connectivity index (χ1) is 13.0. The average Bonchev–Trinajstić information content (AvgIpc) is 3.11. The van der Waals surface area contributed by atoms with Crippen LogP contribution < -0.4 is 0 Å². The first-order valence-corrected chi connectivity index (χ1v) is 8.30. The van der Waals surface area contributed by atoms with Crippen molar-refractivity contribution in [2.24, 2.45) is 0 Å². The van der Waals surface area contributed by atoms with E-state index in [1.807, 2.05) is 0 Å². The van der Waals surface area contributed by atoms with Gasteiger partial charge in [-0.3, -0.25) is 10.1 Å². The minimum Gasteiger partial charge on any atom is -0.389 e. The Hall–Kier alpha value is -3.10. The van der Waals surface area contributed by atoms with Gasteiger partial charge in [-0.15, -0.1) is 0 Å². The molecule has 3 rings (SSSR count). The summed E-state index contributed by atoms with van der Waals surface area (Å²) in [4.78, 5) is 14.7. The van der Waals surface area contributed by atoms with Crippen LogP contribution in [-0.2, 0) is 17.9 Å². The molecule has 8 heteroatoms. The van der Waals surface area contributed by atoms with Gasteiger partial charge in [-0.1, -0.05) is 30.3 Å². The van der Waals surface area contributed by atoms with E-state index in [0.29, 0.717) is 17.0 Å². The number of halogens is 1. The van der Waals surface area contributed by atoms with E-state index in [4.69, 9.17) is 4.74 Å². The smallest absolute Gasteiger partial charge is 0.270 e. The van der Waals surface area contributed by atoms with Gasteiger partial charge in [-0.05, 0) is 6.07 Å². The largest absolute Gasteiger partial charge is 0.389 e. The zero-order chi connectivity index (χ0) is 19.2. The Morgan fingerprint density at radius 1 is 1.26 bits per heavy atom. The van der Waals surface area contributed by atoms with Crippen LogP contribution in [0.1, 0.15) is 5.56 Å². The van der Waals surface area contributed by atoms with Crippen molar-refractivity contribution in [1.29, 1.82) is 0 Å². The Balaban J connectivity index is 1.62. The number of imidazole rings is 1. The fraction of sp³-hybridized carbons (Fsp3) is 0.211. The Labute approximate surface area is 154 Å². The number of hydrogen-bond donors (Lipinski definition) is 1. The molecule has 0 aliphatic rings. The number of aliphatic hydroxyl groups excluding tert-OH is 1. The molecule has 7 nitrogen and oxygen atoms in total. The molecule has 0 spiro atoms. The van der Waals surface area contributed by atoms with Gasteiger partial charge >= 0.3 is 0 Å². The van der Waals surface area contributed by atoms with Gasteiger partial charge in [0.15, 0.2) is 0 Å². The van der Waals surface area contributed by atoms with Gasteiger partial charge in [-0.25, -0.2) is 9.37 Å². The Morgan fingerprint density at radius 2 is 2.07 bits per heavy atom. The highest BCUT2D eigenvalue weighted by molar-refractivity contribution is 5.59. The fourth-order valence-corrected chi connectivity index (χ4v) is 2.68. The molecule has 0 saturated heterocycles. The SMILES string of the molecule is O=[N+]([O-])c1cccc(-c2nccn2C[C@@H](O)COCc2ccccc2F)c1. The lowest BCUT2D eigenvalue weighted by Gasteiger charge is -2.14. The number of nitro groups is 1. The van der Waals surface area contributed by atoms with Gasteiger partial charge in [-0.2, -0.15) is 0 Å². The molecule has 140 valence electrons. The van der Waals surface area contributed by atoms with Crippen molar-refractivity contribution < 1.29 is 19.2 Å². The number of aromatic nitrogens is 2. The first kappa shape index (κ1) is 18.7. The monoisotopic (exact) mass is 371 g/mol. The lowest BCUT2D eigenvalue weighted by molar-refractivity contribution is -0.384. The van der Waals surface area contributed by atoms with Crippen molar-refractivity contribution in [1.82, 2.24) is 9.55 Å². The van der Waals surface area contributed by atoms with Gasteiger partial charge in [0.25, 0.3) is 5.69 Å². The minimum atomic E-state index is -0.844. The van der Waals surface area contributed by atoms with E-state index in [1.165, 1.54) is 18.2 Å². The van der Waals surface area contributed by atoms with E-state index in [1.54, 1.807) is 47.3 Å². The number of ether oxygens (including phenoxy) is 1. The van der Waals surface area contributed by atoms with Gasteiger partial charge in [0.2, 0.25) is 0 Å². The molecule has 0 aliphatic heterocycles. The zero-order valence-corrected chi connectivity index (χ0v) is 14.4. The van der Waals surface area contributed by atoms with E-state index in [-0.39, 0.29) is 31.3 Å². The molecule has 1 atom stereocenters. The highest BCUT2D eigenvalue weighted by atomic mass is 19.1. The lowest BCUT2D eigenvalue weighted by Crippen LogP contribution is -2.22. The summed E-state index contributed by atoms with van der Waals surface area (Å²) in [6, 6.07) is 12.4. The van der Waals surface area contributed by atoms with Crippen molar-refractivity contribution in [2.75, 3.05) is 6.61 Å². The molecule has 3 aromatic rings. The fourth-order valence-electron chi connectivity index (χ4n) is 2.68. The third-order valence-electron chi connectivity index (χ3n) is 3.96. The average molecular weight is 371 g/mol. The molecule has 0 radical (unpaired) electrons. The summed E-state index contributed by atoms with van der Waals surface area (Å²) in [5, 5.41) is 21.1. The molecule has 0 fully saturated rings. The lowest BCUT2D eigenvalue weighted by atomic mass is 10.2. The van der Waals surface area contributed by atoms with Crippen molar-refractivity contribution in [3.8, 4) is 11.4 Å². The normalized spacial score (nSPS) is 12.1. The number of benzene rings is 2. The summed E-state index contributed by atoms with van der Waals surface area (Å²) in [5.41, 5.74) is 0.967. The maximum atomic E-state index is 13.5. The van der Waals surface area contributed by atoms with Gasteiger partial charge in [0, 0.05) is 35.7 Å². The van der Waals surface area contributed by atoms with Crippen LogP contribution in [0.3, 0.4) is 0 Å².